The van der Waals surface area contributed by atoms with Crippen molar-refractivity contribution >= 4 is 140 Å². The van der Waals surface area contributed by atoms with E-state index in [-0.39, 0.29) is 24.4 Å². The number of nitrogens with zero attached hydrogens (tertiary/aromatic N) is 2. The zero-order valence-corrected chi connectivity index (χ0v) is 33.8. The maximum atomic E-state index is 11.7. The Bertz CT molecular complexity index is 797. The quantitative estimate of drug-likeness (QED) is 0.0178. The molecule has 270 valence electrons. The van der Waals surface area contributed by atoms with Crippen LogP contribution in [0.15, 0.2) is 9.98 Å². The van der Waals surface area contributed by atoms with Crippen molar-refractivity contribution in [3.8, 4) is 0 Å². The second-order valence-electron chi connectivity index (χ2n) is 7.70. The van der Waals surface area contributed by atoms with E-state index < -0.39 is 16.9 Å². The number of hydrogen-bond acceptors (Lipinski definition) is 19. The minimum atomic E-state index is -1.05. The zero-order valence-electron chi connectivity index (χ0n) is 25.6. The van der Waals surface area contributed by atoms with Crippen molar-refractivity contribution in [3.63, 3.8) is 0 Å². The lowest BCUT2D eigenvalue weighted by Crippen LogP contribution is -2.24. The Hall–Kier alpha value is 1.06. The minimum Gasteiger partial charge on any atom is -0.438 e. The highest BCUT2D eigenvalue weighted by atomic mass is 32.2. The molecule has 0 aliphatic rings. The molecular formula is C24H46N4O8S10. The lowest BCUT2D eigenvalue weighted by Gasteiger charge is -2.06. The van der Waals surface area contributed by atoms with Gasteiger partial charge in [0.15, 0.2) is 0 Å². The van der Waals surface area contributed by atoms with Gasteiger partial charge in [0, 0.05) is 69.0 Å². The molecule has 0 rings (SSSR count). The number of aliphatic hydroxyl groups excluding tert-OH is 2. The summed E-state index contributed by atoms with van der Waals surface area (Å²) in [6, 6.07) is 0. The van der Waals surface area contributed by atoms with Gasteiger partial charge in [0.2, 0.25) is 6.40 Å². The third-order valence-corrected chi connectivity index (χ3v) is 14.1. The van der Waals surface area contributed by atoms with Gasteiger partial charge < -0.3 is 30.5 Å². The van der Waals surface area contributed by atoms with Gasteiger partial charge in [-0.25, -0.2) is 9.79 Å². The van der Waals surface area contributed by atoms with Gasteiger partial charge in [-0.15, -0.1) is 70.6 Å². The third kappa shape index (κ3) is 39.5. The van der Waals surface area contributed by atoms with E-state index in [4.69, 9.17) is 24.7 Å². The molecule has 0 saturated carbocycles. The Labute approximate surface area is 314 Å². The predicted molar refractivity (Wildman–Crippen MR) is 216 cm³/mol. The van der Waals surface area contributed by atoms with E-state index in [1.165, 1.54) is 35.5 Å². The first-order chi connectivity index (χ1) is 22.6. The molecular weight excluding hydrogens is 793 g/mol. The Kier molecular flexibility index (Phi) is 41.4. The second kappa shape index (κ2) is 40.5. The van der Waals surface area contributed by atoms with Crippen LogP contribution in [0.5, 0.6) is 0 Å². The molecule has 2 amide bonds. The van der Waals surface area contributed by atoms with Crippen LogP contribution < -0.4 is 10.6 Å². The number of thioether (sulfide) groups is 9. The molecule has 0 bridgehead atoms. The van der Waals surface area contributed by atoms with Gasteiger partial charge in [-0.05, 0) is 0 Å². The molecule has 1 unspecified atom stereocenters. The summed E-state index contributed by atoms with van der Waals surface area (Å²) in [5, 5.41) is 23.0. The Morgan fingerprint density at radius 2 is 1.26 bits per heavy atom. The number of rotatable bonds is 34. The van der Waals surface area contributed by atoms with E-state index in [0.717, 1.165) is 51.8 Å². The summed E-state index contributed by atoms with van der Waals surface area (Å²) in [4.78, 5) is 41.6. The Morgan fingerprint density at radius 3 is 1.98 bits per heavy atom. The van der Waals surface area contributed by atoms with Crippen molar-refractivity contribution < 1.29 is 38.5 Å². The highest BCUT2D eigenvalue weighted by Crippen LogP contribution is 2.11. The lowest BCUT2D eigenvalue weighted by atomic mass is 10.9. The summed E-state index contributed by atoms with van der Waals surface area (Å²) in [5.74, 6) is 12.3. The number of amides is 2. The summed E-state index contributed by atoms with van der Waals surface area (Å²) >= 11 is 14.1. The molecule has 4 N–H and O–H groups in total. The number of nitrogens with one attached hydrogen (secondary N) is 2. The molecule has 0 aliphatic carbocycles. The molecule has 0 saturated heterocycles. The first kappa shape index (κ1) is 47.1. The summed E-state index contributed by atoms with van der Waals surface area (Å²) < 4.78 is 16.8. The summed E-state index contributed by atoms with van der Waals surface area (Å²) in [6.07, 6.45) is 0.859. The van der Waals surface area contributed by atoms with Gasteiger partial charge in [0.1, 0.15) is 11.9 Å². The van der Waals surface area contributed by atoms with Crippen LogP contribution in [0.3, 0.4) is 0 Å². The van der Waals surface area contributed by atoms with Gasteiger partial charge in [0.25, 0.3) is 5.24 Å². The fourth-order valence-corrected chi connectivity index (χ4v) is 10.5. The lowest BCUT2D eigenvalue weighted by molar-refractivity contribution is -0.196. The van der Waals surface area contributed by atoms with Gasteiger partial charge in [-0.2, -0.15) is 28.4 Å². The van der Waals surface area contributed by atoms with Crippen molar-refractivity contribution in [1.82, 2.24) is 10.6 Å². The van der Waals surface area contributed by atoms with Crippen LogP contribution in [0.25, 0.3) is 0 Å². The van der Waals surface area contributed by atoms with Crippen molar-refractivity contribution in [2.75, 3.05) is 118 Å². The van der Waals surface area contributed by atoms with Crippen LogP contribution >= 0.6 is 106 Å². The SMILES string of the molecule is O=C(NCSCCSCN=CS(=O)CCSCCO)OCSCCSCOOC=NCSCCSCNC(=O)SCCSCCO. The maximum absolute atomic E-state index is 11.7. The number of hydrogen-bond donors (Lipinski definition) is 4. The zero-order chi connectivity index (χ0) is 33.6. The van der Waals surface area contributed by atoms with Crippen LogP contribution in [-0.2, 0) is 25.3 Å². The highest BCUT2D eigenvalue weighted by Gasteiger charge is 2.03. The monoisotopic (exact) mass is 838 g/mol. The topological polar surface area (TPSA) is 168 Å². The molecule has 0 spiro atoms. The molecule has 0 aromatic heterocycles. The molecule has 0 fully saturated rings. The van der Waals surface area contributed by atoms with Crippen molar-refractivity contribution in [1.29, 1.82) is 0 Å². The second-order valence-corrected chi connectivity index (χ2v) is 19.1. The summed E-state index contributed by atoms with van der Waals surface area (Å²) in [7, 11) is -1.05. The van der Waals surface area contributed by atoms with Crippen LogP contribution in [0.4, 0.5) is 9.59 Å². The molecule has 22 heteroatoms. The van der Waals surface area contributed by atoms with Crippen molar-refractivity contribution in [3.05, 3.63) is 0 Å². The molecule has 1 atom stereocenters. The first-order valence-electron chi connectivity index (χ1n) is 13.9. The van der Waals surface area contributed by atoms with E-state index in [2.05, 4.69) is 20.6 Å². The van der Waals surface area contributed by atoms with Crippen LogP contribution in [0, 0.1) is 0 Å². The summed E-state index contributed by atoms with van der Waals surface area (Å²) in [6.45, 7) is 0.317. The molecule has 12 nitrogen and oxygen atoms in total. The van der Waals surface area contributed by atoms with E-state index >= 15 is 0 Å². The maximum Gasteiger partial charge on any atom is 0.408 e. The Balaban J connectivity index is 3.32. The molecule has 46 heavy (non-hydrogen) atoms. The normalized spacial score (nSPS) is 12.1. The van der Waals surface area contributed by atoms with E-state index in [0.29, 0.717) is 46.7 Å². The number of carbonyl (C=O) groups excluding carboxylic acids is 2. The van der Waals surface area contributed by atoms with Crippen molar-refractivity contribution in [2.24, 2.45) is 9.98 Å². The van der Waals surface area contributed by atoms with E-state index in [9.17, 15) is 13.8 Å². The van der Waals surface area contributed by atoms with Gasteiger partial charge in [-0.1, -0.05) is 11.8 Å². The van der Waals surface area contributed by atoms with Gasteiger partial charge in [0.05, 0.1) is 53.1 Å². The van der Waals surface area contributed by atoms with Crippen LogP contribution in [0.1, 0.15) is 0 Å². The molecule has 0 heterocycles. The van der Waals surface area contributed by atoms with Crippen LogP contribution in [0.2, 0.25) is 0 Å². The number of alkyl carbamates (subject to hydrolysis) is 1. The number of carbonyl (C=O) groups is 2. The average Bonchev–Trinajstić information content (AvgIpc) is 3.05. The van der Waals surface area contributed by atoms with E-state index in [1.807, 2.05) is 0 Å². The smallest absolute Gasteiger partial charge is 0.408 e. The largest absolute Gasteiger partial charge is 0.438 e. The third-order valence-electron chi connectivity index (χ3n) is 4.23. The van der Waals surface area contributed by atoms with Crippen molar-refractivity contribution in [2.45, 2.75) is 0 Å². The molecule has 0 aromatic carbocycles. The summed E-state index contributed by atoms with van der Waals surface area (Å²) in [5.41, 5.74) is 1.50. The average molecular weight is 839 g/mol. The number of ether oxygens (including phenoxy) is 1. The molecule has 0 radical (unpaired) electrons. The Morgan fingerprint density at radius 1 is 0.674 bits per heavy atom. The molecule has 0 aliphatic heterocycles. The minimum absolute atomic E-state index is 0.0102. The molecule has 0 aromatic rings. The fraction of sp³-hybridized carbons (Fsp3) is 0.833. The van der Waals surface area contributed by atoms with Crippen LogP contribution in [-0.4, -0.2) is 155 Å². The van der Waals surface area contributed by atoms with Gasteiger partial charge in [-0.3, -0.25) is 14.0 Å². The number of aliphatic imine (C=N–C) groups is 2. The predicted octanol–water partition coefficient (Wildman–Crippen LogP) is 4.50. The number of aliphatic hydroxyl groups is 2. The standard InChI is InChI=1S/C24H46N4O8S10/c29-1-3-37-11-12-45-24(32)28-19-42-8-5-39-16-25-15-35-36-22-44-10-9-43-21-34-23(31)27-18-41-7-6-40-17-26-20-46(33)14-13-38-4-2-30/h15,20,29-30H,1-14,16-19,21-22H2,(H,27,31)(H,28,32). The fourth-order valence-electron chi connectivity index (χ4n) is 2.25. The first-order valence-corrected chi connectivity index (χ1v) is 25.5. The van der Waals surface area contributed by atoms with Gasteiger partial charge >= 0.3 is 6.09 Å². The highest BCUT2D eigenvalue weighted by molar-refractivity contribution is 8.14. The van der Waals surface area contributed by atoms with E-state index in [1.54, 1.807) is 82.3 Å².